The number of methoxy groups -OCH3 is 1. The fourth-order valence-corrected chi connectivity index (χ4v) is 4.04. The van der Waals surface area contributed by atoms with Gasteiger partial charge < -0.3 is 15.4 Å². The van der Waals surface area contributed by atoms with Crippen LogP contribution >= 0.6 is 0 Å². The summed E-state index contributed by atoms with van der Waals surface area (Å²) >= 11 is 0. The van der Waals surface area contributed by atoms with Crippen LogP contribution in [0.4, 0.5) is 5.69 Å². The van der Waals surface area contributed by atoms with Gasteiger partial charge >= 0.3 is 0 Å². The molecule has 2 fully saturated rings. The van der Waals surface area contributed by atoms with Crippen LogP contribution in [0.2, 0.25) is 0 Å². The molecule has 4 unspecified atom stereocenters. The van der Waals surface area contributed by atoms with Crippen LogP contribution in [-0.4, -0.2) is 62.1 Å². The molecule has 4 N–H and O–H groups in total. The lowest BCUT2D eigenvalue weighted by atomic mass is 9.87. The number of fused-ring (bicyclic) bond motifs is 1. The van der Waals surface area contributed by atoms with Crippen LogP contribution in [0.1, 0.15) is 19.8 Å². The number of ether oxygens (including phenoxy) is 1. The number of likely N-dealkylation sites (N-methyl/N-ethyl adjacent to an activating group) is 1. The van der Waals surface area contributed by atoms with Gasteiger partial charge in [0.2, 0.25) is 11.8 Å². The molecule has 2 aliphatic rings. The van der Waals surface area contributed by atoms with Gasteiger partial charge in [-0.1, -0.05) is 6.92 Å². The molecule has 148 valence electrons. The Labute approximate surface area is 160 Å². The standard InChI is InChI=1S/C19H29N5O3/c1-4-16(18(25)21-12-5-7-13(27-3)8-6-12)24-10-9-15-14(11-24)17(23-22-15)19(26)20-2/h5-8,14-17,22-23H,4,9-11H2,1-3H3,(H,20,26)(H,21,25). The van der Waals surface area contributed by atoms with E-state index in [4.69, 9.17) is 4.74 Å². The highest BCUT2D eigenvalue weighted by Gasteiger charge is 2.44. The molecule has 2 heterocycles. The van der Waals surface area contributed by atoms with Gasteiger partial charge in [0.05, 0.1) is 13.2 Å². The van der Waals surface area contributed by atoms with Gasteiger partial charge in [-0.3, -0.25) is 19.9 Å². The lowest BCUT2D eigenvalue weighted by Gasteiger charge is -2.39. The molecule has 1 aromatic carbocycles. The molecule has 0 spiro atoms. The van der Waals surface area contributed by atoms with E-state index in [1.807, 2.05) is 31.2 Å². The molecule has 4 atom stereocenters. The number of nitrogens with zero attached hydrogens (tertiary/aromatic N) is 1. The van der Waals surface area contributed by atoms with E-state index in [1.54, 1.807) is 14.2 Å². The summed E-state index contributed by atoms with van der Waals surface area (Å²) in [5.74, 6) is 0.856. The Bertz CT molecular complexity index is 666. The molecule has 0 saturated carbocycles. The second kappa shape index (κ2) is 8.69. The molecule has 0 aliphatic carbocycles. The van der Waals surface area contributed by atoms with Crippen molar-refractivity contribution in [3.8, 4) is 5.75 Å². The molecule has 2 amide bonds. The maximum Gasteiger partial charge on any atom is 0.241 e. The molecule has 27 heavy (non-hydrogen) atoms. The van der Waals surface area contributed by atoms with Crippen molar-refractivity contribution in [2.75, 3.05) is 32.6 Å². The third-order valence-electron chi connectivity index (χ3n) is 5.56. The van der Waals surface area contributed by atoms with Gasteiger partial charge in [0.1, 0.15) is 11.8 Å². The molecular formula is C19H29N5O3. The van der Waals surface area contributed by atoms with Gasteiger partial charge in [-0.2, -0.15) is 0 Å². The van der Waals surface area contributed by atoms with Crippen molar-refractivity contribution < 1.29 is 14.3 Å². The normalized spacial score (nSPS) is 26.1. The van der Waals surface area contributed by atoms with Crippen molar-refractivity contribution in [3.63, 3.8) is 0 Å². The van der Waals surface area contributed by atoms with E-state index < -0.39 is 0 Å². The van der Waals surface area contributed by atoms with Crippen molar-refractivity contribution in [1.82, 2.24) is 21.1 Å². The zero-order valence-electron chi connectivity index (χ0n) is 16.1. The third kappa shape index (κ3) is 4.23. The number of nitrogens with one attached hydrogen (secondary N) is 4. The number of carbonyl (C=O) groups excluding carboxylic acids is 2. The minimum Gasteiger partial charge on any atom is -0.497 e. The summed E-state index contributed by atoms with van der Waals surface area (Å²) in [5.41, 5.74) is 7.09. The van der Waals surface area contributed by atoms with Crippen molar-refractivity contribution in [3.05, 3.63) is 24.3 Å². The van der Waals surface area contributed by atoms with Gasteiger partial charge in [0.15, 0.2) is 0 Å². The zero-order chi connectivity index (χ0) is 19.4. The van der Waals surface area contributed by atoms with Crippen molar-refractivity contribution >= 4 is 17.5 Å². The van der Waals surface area contributed by atoms with Gasteiger partial charge in [0, 0.05) is 37.8 Å². The summed E-state index contributed by atoms with van der Waals surface area (Å²) in [6, 6.07) is 7.08. The molecule has 8 nitrogen and oxygen atoms in total. The summed E-state index contributed by atoms with van der Waals surface area (Å²) in [6.45, 7) is 3.55. The van der Waals surface area contributed by atoms with Crippen LogP contribution in [0.3, 0.4) is 0 Å². The lowest BCUT2D eigenvalue weighted by molar-refractivity contribution is -0.124. The topological polar surface area (TPSA) is 94.7 Å². The highest BCUT2D eigenvalue weighted by molar-refractivity contribution is 5.94. The summed E-state index contributed by atoms with van der Waals surface area (Å²) in [6.07, 6.45) is 1.61. The molecule has 2 aliphatic heterocycles. The summed E-state index contributed by atoms with van der Waals surface area (Å²) in [5, 5.41) is 5.71. The molecule has 8 heteroatoms. The highest BCUT2D eigenvalue weighted by Crippen LogP contribution is 2.27. The van der Waals surface area contributed by atoms with E-state index in [0.29, 0.717) is 13.0 Å². The number of hydrazine groups is 1. The zero-order valence-corrected chi connectivity index (χ0v) is 16.1. The first-order valence-corrected chi connectivity index (χ1v) is 9.49. The number of rotatable bonds is 6. The van der Waals surface area contributed by atoms with Crippen molar-refractivity contribution in [2.45, 2.75) is 37.9 Å². The second-order valence-electron chi connectivity index (χ2n) is 7.08. The molecule has 1 aromatic rings. The molecule has 2 saturated heterocycles. The number of benzene rings is 1. The van der Waals surface area contributed by atoms with Gasteiger partial charge in [-0.05, 0) is 37.1 Å². The SMILES string of the molecule is CCC(C(=O)Nc1ccc(OC)cc1)N1CCC2NNC(C(=O)NC)C2C1. The predicted molar refractivity (Wildman–Crippen MR) is 103 cm³/mol. The Hall–Kier alpha value is -2.16. The Kier molecular flexibility index (Phi) is 6.30. The van der Waals surface area contributed by atoms with Crippen LogP contribution in [0.15, 0.2) is 24.3 Å². The third-order valence-corrected chi connectivity index (χ3v) is 5.56. The molecule has 0 aromatic heterocycles. The minimum absolute atomic E-state index is 0.0171. The first-order valence-electron chi connectivity index (χ1n) is 9.49. The maximum atomic E-state index is 12.9. The monoisotopic (exact) mass is 375 g/mol. The second-order valence-corrected chi connectivity index (χ2v) is 7.08. The Morgan fingerprint density at radius 1 is 1.30 bits per heavy atom. The maximum absolute atomic E-state index is 12.9. The number of piperidine rings is 1. The van der Waals surface area contributed by atoms with Crippen LogP contribution in [0, 0.1) is 5.92 Å². The van der Waals surface area contributed by atoms with Crippen LogP contribution in [-0.2, 0) is 9.59 Å². The largest absolute Gasteiger partial charge is 0.497 e. The molecular weight excluding hydrogens is 346 g/mol. The van der Waals surface area contributed by atoms with Gasteiger partial charge in [0.25, 0.3) is 0 Å². The summed E-state index contributed by atoms with van der Waals surface area (Å²) in [7, 11) is 3.26. The number of hydrogen-bond donors (Lipinski definition) is 4. The van der Waals surface area contributed by atoms with E-state index in [9.17, 15) is 9.59 Å². The molecule has 0 bridgehead atoms. The first kappa shape index (κ1) is 19.6. The Morgan fingerprint density at radius 3 is 2.67 bits per heavy atom. The summed E-state index contributed by atoms with van der Waals surface area (Å²) < 4.78 is 5.15. The van der Waals surface area contributed by atoms with Crippen LogP contribution in [0.25, 0.3) is 0 Å². The highest BCUT2D eigenvalue weighted by atomic mass is 16.5. The van der Waals surface area contributed by atoms with E-state index in [-0.39, 0.29) is 35.9 Å². The number of amides is 2. The predicted octanol–water partition coefficient (Wildman–Crippen LogP) is 0.325. The number of anilines is 1. The van der Waals surface area contributed by atoms with E-state index in [2.05, 4.69) is 26.4 Å². The average molecular weight is 375 g/mol. The molecule has 3 rings (SSSR count). The Balaban J connectivity index is 1.65. The quantitative estimate of drug-likeness (QED) is 0.572. The molecule has 0 radical (unpaired) electrons. The van der Waals surface area contributed by atoms with Gasteiger partial charge in [-0.25, -0.2) is 5.43 Å². The number of hydrogen-bond acceptors (Lipinski definition) is 6. The van der Waals surface area contributed by atoms with Crippen molar-refractivity contribution in [1.29, 1.82) is 0 Å². The first-order chi connectivity index (χ1) is 13.1. The Morgan fingerprint density at radius 2 is 2.04 bits per heavy atom. The van der Waals surface area contributed by atoms with Gasteiger partial charge in [-0.15, -0.1) is 0 Å². The van der Waals surface area contributed by atoms with Crippen LogP contribution in [0.5, 0.6) is 5.75 Å². The van der Waals surface area contributed by atoms with Crippen molar-refractivity contribution in [2.24, 2.45) is 5.92 Å². The smallest absolute Gasteiger partial charge is 0.241 e. The number of carbonyl (C=O) groups is 2. The summed E-state index contributed by atoms with van der Waals surface area (Å²) in [4.78, 5) is 27.2. The van der Waals surface area contributed by atoms with Crippen LogP contribution < -0.4 is 26.2 Å². The lowest BCUT2D eigenvalue weighted by Crippen LogP contribution is -2.54. The number of likely N-dealkylation sites (tertiary alicyclic amines) is 1. The average Bonchev–Trinajstić information content (AvgIpc) is 3.12. The fourth-order valence-electron chi connectivity index (χ4n) is 4.04. The van der Waals surface area contributed by atoms with E-state index in [0.717, 1.165) is 24.4 Å². The van der Waals surface area contributed by atoms with E-state index in [1.165, 1.54) is 0 Å². The fraction of sp³-hybridized carbons (Fsp3) is 0.579. The minimum atomic E-state index is -0.273. The van der Waals surface area contributed by atoms with E-state index >= 15 is 0 Å².